The van der Waals surface area contributed by atoms with Crippen LogP contribution in [0.4, 0.5) is 0 Å². The molecule has 0 aliphatic rings. The molecule has 110 heavy (non-hydrogen) atoms. The average Bonchev–Trinajstić information content (AvgIpc) is 0.906. The van der Waals surface area contributed by atoms with Crippen LogP contribution in [0.3, 0.4) is 0 Å². The quantitative estimate of drug-likeness (QED) is 0.0169. The van der Waals surface area contributed by atoms with Crippen molar-refractivity contribution in [2.75, 3.05) is 39.6 Å². The molecule has 3 N–H and O–H groups in total. The molecule has 0 heterocycles. The molecule has 0 aromatic carbocycles. The van der Waals surface area contributed by atoms with E-state index >= 15 is 0 Å². The largest absolute Gasteiger partial charge is 0.472 e. The van der Waals surface area contributed by atoms with Crippen molar-refractivity contribution < 1.29 is 80.2 Å². The van der Waals surface area contributed by atoms with E-state index in [0.29, 0.717) is 32.1 Å². The lowest BCUT2D eigenvalue weighted by Gasteiger charge is -2.21. The Morgan fingerprint density at radius 3 is 0.782 bits per heavy atom. The van der Waals surface area contributed by atoms with Crippen LogP contribution in [0.5, 0.6) is 0 Å². The highest BCUT2D eigenvalue weighted by atomic mass is 31.2. The third kappa shape index (κ3) is 80.5. The van der Waals surface area contributed by atoms with Crippen molar-refractivity contribution in [3.8, 4) is 0 Å². The Morgan fingerprint density at radius 1 is 0.264 bits per heavy atom. The zero-order valence-electron chi connectivity index (χ0n) is 68.6. The van der Waals surface area contributed by atoms with Gasteiger partial charge < -0.3 is 33.8 Å². The van der Waals surface area contributed by atoms with Crippen LogP contribution in [0.2, 0.25) is 0 Å². The predicted octanol–water partition coefficient (Wildman–Crippen LogP) is 25.3. The van der Waals surface area contributed by atoms with E-state index in [1.165, 1.54) is 89.9 Å². The number of aliphatic hydroxyl groups is 1. The Labute approximate surface area is 667 Å². The molecule has 0 aromatic heterocycles. The van der Waals surface area contributed by atoms with Crippen LogP contribution in [0.1, 0.15) is 323 Å². The van der Waals surface area contributed by atoms with Gasteiger partial charge in [0.05, 0.1) is 26.4 Å². The smallest absolute Gasteiger partial charge is 0.462 e. The zero-order chi connectivity index (χ0) is 80.3. The molecular weight excluding hydrogens is 1430 g/mol. The highest BCUT2D eigenvalue weighted by Gasteiger charge is 2.30. The van der Waals surface area contributed by atoms with E-state index in [0.717, 1.165) is 148 Å². The van der Waals surface area contributed by atoms with Gasteiger partial charge in [-0.3, -0.25) is 37.3 Å². The summed E-state index contributed by atoms with van der Waals surface area (Å²) in [6, 6.07) is 0. The van der Waals surface area contributed by atoms with E-state index in [1.54, 1.807) is 0 Å². The van der Waals surface area contributed by atoms with Gasteiger partial charge in [0, 0.05) is 25.7 Å². The summed E-state index contributed by atoms with van der Waals surface area (Å²) in [6.45, 7) is 4.50. The molecule has 19 heteroatoms. The van der Waals surface area contributed by atoms with Gasteiger partial charge in [0.1, 0.15) is 19.3 Å². The van der Waals surface area contributed by atoms with Gasteiger partial charge in [0.15, 0.2) is 12.2 Å². The molecule has 0 radical (unpaired) electrons. The lowest BCUT2D eigenvalue weighted by atomic mass is 10.0. The number of unbranched alkanes of at least 4 members (excludes halogenated alkanes) is 24. The first-order chi connectivity index (χ1) is 53.7. The van der Waals surface area contributed by atoms with Crippen molar-refractivity contribution in [1.29, 1.82) is 0 Å². The maximum absolute atomic E-state index is 13.1. The number of phosphoric acid groups is 2. The number of esters is 4. The summed E-state index contributed by atoms with van der Waals surface area (Å²) in [5, 5.41) is 10.7. The van der Waals surface area contributed by atoms with Crippen molar-refractivity contribution in [1.82, 2.24) is 0 Å². The summed E-state index contributed by atoms with van der Waals surface area (Å²) in [4.78, 5) is 73.2. The van der Waals surface area contributed by atoms with Gasteiger partial charge >= 0.3 is 39.5 Å². The zero-order valence-corrected chi connectivity index (χ0v) is 70.4. The van der Waals surface area contributed by atoms with Crippen LogP contribution < -0.4 is 0 Å². The summed E-state index contributed by atoms with van der Waals surface area (Å²) < 4.78 is 68.7. The fourth-order valence-corrected chi connectivity index (χ4v) is 12.4. The average molecular weight is 1580 g/mol. The molecule has 17 nitrogen and oxygen atoms in total. The van der Waals surface area contributed by atoms with E-state index in [-0.39, 0.29) is 25.7 Å². The normalized spacial score (nSPS) is 14.6. The fourth-order valence-electron chi connectivity index (χ4n) is 10.8. The second-order valence-corrected chi connectivity index (χ2v) is 30.6. The van der Waals surface area contributed by atoms with Gasteiger partial charge in [-0.1, -0.05) is 313 Å². The summed E-state index contributed by atoms with van der Waals surface area (Å²) in [5.74, 6) is -2.32. The maximum Gasteiger partial charge on any atom is 0.472 e. The number of aliphatic hydroxyl groups excluding tert-OH is 1. The van der Waals surface area contributed by atoms with Crippen molar-refractivity contribution in [2.24, 2.45) is 0 Å². The topological polar surface area (TPSA) is 237 Å². The number of allylic oxidation sites excluding steroid dienone is 28. The van der Waals surface area contributed by atoms with Crippen LogP contribution >= 0.6 is 15.6 Å². The van der Waals surface area contributed by atoms with Gasteiger partial charge in [-0.25, -0.2) is 9.13 Å². The SMILES string of the molecule is CC/C=C\C/C=C\C/C=C\C/C=C\C/C=C\CCCCCC(=O)OC[C@H](COP(=O)(O)OC[C@@H](O)COP(=O)(O)OC[C@@H](COC(=O)CCCCCCCCCCCCCCCCC)OC(=O)CCCCC/C=C\C/C=C\C/C=C\C/C=C\C/C=C\CC)OC(=O)CCC/C=C\C/C=C\C/C=C\C/C=C\CCCCC. The summed E-state index contributed by atoms with van der Waals surface area (Å²) in [7, 11) is -10.0. The minimum atomic E-state index is -5.01. The molecule has 0 saturated carbocycles. The number of rotatable bonds is 78. The number of hydrogen-bond donors (Lipinski definition) is 3. The number of carbonyl (C=O) groups excluding carboxylic acids is 4. The second-order valence-electron chi connectivity index (χ2n) is 27.7. The number of carbonyl (C=O) groups is 4. The van der Waals surface area contributed by atoms with Gasteiger partial charge in [0.2, 0.25) is 0 Å². The number of ether oxygens (including phenoxy) is 4. The molecule has 626 valence electrons. The molecule has 0 amide bonds. The Balaban J connectivity index is 5.51. The molecule has 0 aromatic rings. The molecule has 2 unspecified atom stereocenters. The van der Waals surface area contributed by atoms with E-state index < -0.39 is 97.5 Å². The van der Waals surface area contributed by atoms with Crippen LogP contribution in [0.25, 0.3) is 0 Å². The molecule has 0 rings (SSSR count). The number of hydrogen-bond acceptors (Lipinski definition) is 15. The lowest BCUT2D eigenvalue weighted by molar-refractivity contribution is -0.161. The van der Waals surface area contributed by atoms with Crippen molar-refractivity contribution in [3.63, 3.8) is 0 Å². The van der Waals surface area contributed by atoms with E-state index in [2.05, 4.69) is 186 Å². The van der Waals surface area contributed by atoms with E-state index in [4.69, 9.17) is 37.0 Å². The molecule has 0 saturated heterocycles. The predicted molar refractivity (Wildman–Crippen MR) is 454 cm³/mol. The first-order valence-electron chi connectivity index (χ1n) is 42.4. The van der Waals surface area contributed by atoms with E-state index in [9.17, 15) is 43.2 Å². The van der Waals surface area contributed by atoms with Crippen molar-refractivity contribution >= 4 is 39.5 Å². The van der Waals surface area contributed by atoms with Crippen molar-refractivity contribution in [2.45, 2.75) is 341 Å². The third-order valence-electron chi connectivity index (χ3n) is 17.2. The maximum atomic E-state index is 13.1. The molecule has 5 atom stereocenters. The summed E-state index contributed by atoms with van der Waals surface area (Å²) in [5.41, 5.74) is 0. The Hall–Kier alpha value is -5.58. The first-order valence-corrected chi connectivity index (χ1v) is 45.4. The Kier molecular flexibility index (Phi) is 77.3. The molecule has 0 spiro atoms. The molecule has 0 aliphatic carbocycles. The van der Waals surface area contributed by atoms with Crippen LogP contribution in [-0.2, 0) is 65.4 Å². The van der Waals surface area contributed by atoms with Crippen LogP contribution in [0, 0.1) is 0 Å². The highest BCUT2D eigenvalue weighted by Crippen LogP contribution is 2.45. The molecule has 0 aliphatic heterocycles. The monoisotopic (exact) mass is 1580 g/mol. The van der Waals surface area contributed by atoms with Gasteiger partial charge in [0.25, 0.3) is 0 Å². The van der Waals surface area contributed by atoms with Crippen molar-refractivity contribution in [3.05, 3.63) is 170 Å². The molecular formula is C91H150O17P2. The Morgan fingerprint density at radius 2 is 0.482 bits per heavy atom. The lowest BCUT2D eigenvalue weighted by Crippen LogP contribution is -2.30. The minimum Gasteiger partial charge on any atom is -0.462 e. The van der Waals surface area contributed by atoms with Crippen LogP contribution in [-0.4, -0.2) is 96.7 Å². The number of phosphoric ester groups is 2. The van der Waals surface area contributed by atoms with Gasteiger partial charge in [-0.2, -0.15) is 0 Å². The van der Waals surface area contributed by atoms with Crippen LogP contribution in [0.15, 0.2) is 170 Å². The second kappa shape index (κ2) is 81.4. The van der Waals surface area contributed by atoms with Gasteiger partial charge in [-0.05, 0) is 154 Å². The summed E-state index contributed by atoms with van der Waals surface area (Å²) >= 11 is 0. The minimum absolute atomic E-state index is 0.00501. The molecule has 0 bridgehead atoms. The third-order valence-corrected chi connectivity index (χ3v) is 19.1. The standard InChI is InChI=1S/C91H150O17P2/c1-5-9-13-17-21-25-29-33-37-40-42-45-48-52-56-60-64-68-72-76-89(94)102-82-87(107-90(95)77-73-69-65-61-57-53-49-44-39-35-31-27-23-19-15-11-7-3)84-106-110(99,100)104-80-85(92)79-103-109(97,98)105-83-86(81-101-88(93)75-71-67-63-59-55-51-47-36-32-28-24-20-16-12-8-4)108-91(96)78-74-70-66-62-58-54-50-46-43-41-38-34-30-26-22-18-14-10-6-2/h9-10,13-14,21-23,25-27,33-35,37-39,42-43,45-46,49,52-54,56,58,61,65,85-87,92H,5-8,11-12,15-20,24,28-32,36,40-41,44,47-48,50-51,55,57,59-60,62-64,66-84H2,1-4H3,(H,97,98)(H,99,100)/b13-9-,14-10-,25-21-,26-22-,27-23-,37-33-,38-34-,39-35-,45-42-,46-43-,53-49-,56-52-,58-54-,65-61-/t85-,86+,87+/m0/s1. The van der Waals surface area contributed by atoms with E-state index in [1.807, 2.05) is 12.2 Å². The highest BCUT2D eigenvalue weighted by molar-refractivity contribution is 7.47. The molecule has 0 fully saturated rings. The summed E-state index contributed by atoms with van der Waals surface area (Å²) in [6.07, 6.45) is 97.5. The Bertz CT molecular complexity index is 2750. The fraction of sp³-hybridized carbons (Fsp3) is 0.648. The van der Waals surface area contributed by atoms with Gasteiger partial charge in [-0.15, -0.1) is 0 Å². The first kappa shape index (κ1) is 104.